The molecule has 0 fully saturated rings. The molecule has 0 radical (unpaired) electrons. The lowest BCUT2D eigenvalue weighted by atomic mass is 10.2. The van der Waals surface area contributed by atoms with E-state index in [-0.39, 0.29) is 11.9 Å². The number of nitrogens with zero attached hydrogens (tertiary/aromatic N) is 2. The molecule has 2 N–H and O–H groups in total. The summed E-state index contributed by atoms with van der Waals surface area (Å²) in [6.07, 6.45) is 0. The van der Waals surface area contributed by atoms with Gasteiger partial charge in [0.15, 0.2) is 0 Å². The first-order valence-electron chi connectivity index (χ1n) is 6.60. The molecule has 1 atom stereocenters. The predicted octanol–water partition coefficient (Wildman–Crippen LogP) is 2.44. The Morgan fingerprint density at radius 3 is 2.90 bits per heavy atom. The molecule has 21 heavy (non-hydrogen) atoms. The summed E-state index contributed by atoms with van der Waals surface area (Å²) in [4.78, 5) is 18.3. The molecule has 1 aromatic carbocycles. The number of thiazole rings is 1. The molecule has 0 aliphatic heterocycles. The average Bonchev–Trinajstić information content (AvgIpc) is 2.96. The second kappa shape index (κ2) is 6.69. The summed E-state index contributed by atoms with van der Waals surface area (Å²) < 4.78 is 5.18. The molecule has 1 unspecified atom stereocenters. The third-order valence-electron chi connectivity index (χ3n) is 3.03. The quantitative estimate of drug-likeness (QED) is 0.921. The number of hydrogen-bond acceptors (Lipinski definition) is 5. The van der Waals surface area contributed by atoms with Crippen LogP contribution in [0.4, 0.5) is 0 Å². The number of rotatable bonds is 5. The van der Waals surface area contributed by atoms with Crippen LogP contribution in [0.1, 0.15) is 34.0 Å². The Bertz CT molecular complexity index is 625. The maximum atomic E-state index is 12.3. The Hall–Kier alpha value is -1.92. The van der Waals surface area contributed by atoms with E-state index < -0.39 is 0 Å². The van der Waals surface area contributed by atoms with Crippen LogP contribution >= 0.6 is 11.3 Å². The Labute approximate surface area is 128 Å². The summed E-state index contributed by atoms with van der Waals surface area (Å²) in [5.41, 5.74) is 7.22. The van der Waals surface area contributed by atoms with Crippen molar-refractivity contribution in [2.24, 2.45) is 5.73 Å². The summed E-state index contributed by atoms with van der Waals surface area (Å²) in [5.74, 6) is 0.669. The number of benzene rings is 1. The van der Waals surface area contributed by atoms with Crippen molar-refractivity contribution in [1.82, 2.24) is 9.88 Å². The molecular formula is C15H19N3O2S. The molecule has 0 aliphatic rings. The Balaban J connectivity index is 2.07. The second-order valence-corrected chi connectivity index (χ2v) is 5.76. The zero-order chi connectivity index (χ0) is 15.4. The lowest BCUT2D eigenvalue weighted by molar-refractivity contribution is 0.0779. The van der Waals surface area contributed by atoms with E-state index in [9.17, 15) is 4.79 Å². The van der Waals surface area contributed by atoms with Crippen molar-refractivity contribution in [3.05, 3.63) is 45.9 Å². The summed E-state index contributed by atoms with van der Waals surface area (Å²) in [6.45, 7) is 2.36. The predicted molar refractivity (Wildman–Crippen MR) is 83.5 cm³/mol. The van der Waals surface area contributed by atoms with Crippen LogP contribution in [0.3, 0.4) is 0 Å². The fourth-order valence-electron chi connectivity index (χ4n) is 1.91. The summed E-state index contributed by atoms with van der Waals surface area (Å²) >= 11 is 1.41. The van der Waals surface area contributed by atoms with Gasteiger partial charge in [0.2, 0.25) is 0 Å². The van der Waals surface area contributed by atoms with Gasteiger partial charge in [-0.05, 0) is 24.6 Å². The maximum Gasteiger partial charge on any atom is 0.273 e. The van der Waals surface area contributed by atoms with E-state index in [1.807, 2.05) is 31.2 Å². The summed E-state index contributed by atoms with van der Waals surface area (Å²) in [5, 5.41) is 2.52. The largest absolute Gasteiger partial charge is 0.497 e. The van der Waals surface area contributed by atoms with Crippen molar-refractivity contribution in [2.75, 3.05) is 14.2 Å². The third-order valence-corrected chi connectivity index (χ3v) is 4.08. The van der Waals surface area contributed by atoms with Gasteiger partial charge in [0.25, 0.3) is 5.91 Å². The molecule has 6 heteroatoms. The number of nitrogens with two attached hydrogens (primary N) is 1. The normalized spacial score (nSPS) is 12.0. The molecule has 112 valence electrons. The van der Waals surface area contributed by atoms with Gasteiger partial charge >= 0.3 is 0 Å². The van der Waals surface area contributed by atoms with Crippen molar-refractivity contribution in [1.29, 1.82) is 0 Å². The molecule has 0 spiro atoms. The number of hydrogen-bond donors (Lipinski definition) is 1. The Morgan fingerprint density at radius 1 is 1.52 bits per heavy atom. The van der Waals surface area contributed by atoms with Crippen molar-refractivity contribution in [2.45, 2.75) is 19.5 Å². The second-order valence-electron chi connectivity index (χ2n) is 4.87. The minimum atomic E-state index is -0.153. The van der Waals surface area contributed by atoms with Crippen molar-refractivity contribution >= 4 is 17.2 Å². The van der Waals surface area contributed by atoms with E-state index in [1.165, 1.54) is 11.3 Å². The monoisotopic (exact) mass is 305 g/mol. The van der Waals surface area contributed by atoms with Crippen molar-refractivity contribution in [3.8, 4) is 5.75 Å². The van der Waals surface area contributed by atoms with Gasteiger partial charge in [0, 0.05) is 19.0 Å². The maximum absolute atomic E-state index is 12.3. The molecule has 0 saturated carbocycles. The van der Waals surface area contributed by atoms with Crippen LogP contribution in [0.2, 0.25) is 0 Å². The van der Waals surface area contributed by atoms with Gasteiger partial charge in [-0.3, -0.25) is 4.79 Å². The number of carbonyl (C=O) groups excluding carboxylic acids is 1. The number of carbonyl (C=O) groups is 1. The van der Waals surface area contributed by atoms with Gasteiger partial charge < -0.3 is 15.4 Å². The lowest BCUT2D eigenvalue weighted by Gasteiger charge is -2.16. The van der Waals surface area contributed by atoms with Gasteiger partial charge in [0.05, 0.1) is 13.2 Å². The summed E-state index contributed by atoms with van der Waals surface area (Å²) in [6, 6.07) is 7.50. The lowest BCUT2D eigenvalue weighted by Crippen LogP contribution is -2.26. The highest BCUT2D eigenvalue weighted by Crippen LogP contribution is 2.18. The fraction of sp³-hybridized carbons (Fsp3) is 0.333. The Morgan fingerprint density at radius 2 is 2.29 bits per heavy atom. The average molecular weight is 305 g/mol. The van der Waals surface area contributed by atoms with Crippen LogP contribution in [0.15, 0.2) is 29.6 Å². The Kier molecular flexibility index (Phi) is 4.93. The van der Waals surface area contributed by atoms with Gasteiger partial charge in [-0.15, -0.1) is 11.3 Å². The molecule has 1 amide bonds. The highest BCUT2D eigenvalue weighted by atomic mass is 32.1. The van der Waals surface area contributed by atoms with Gasteiger partial charge in [-0.2, -0.15) is 0 Å². The van der Waals surface area contributed by atoms with Crippen LogP contribution in [0.5, 0.6) is 5.75 Å². The number of methoxy groups -OCH3 is 1. The highest BCUT2D eigenvalue weighted by Gasteiger charge is 2.17. The molecule has 1 aromatic heterocycles. The molecule has 0 saturated heterocycles. The first-order valence-corrected chi connectivity index (χ1v) is 7.48. The SMILES string of the molecule is COc1cccc(CN(C)C(=O)c2csc(C(C)N)n2)c1. The molecule has 5 nitrogen and oxygen atoms in total. The van der Waals surface area contributed by atoms with E-state index in [0.29, 0.717) is 12.2 Å². The van der Waals surface area contributed by atoms with Gasteiger partial charge in [-0.25, -0.2) is 4.98 Å². The van der Waals surface area contributed by atoms with Crippen LogP contribution in [-0.2, 0) is 6.54 Å². The topological polar surface area (TPSA) is 68.5 Å². The van der Waals surface area contributed by atoms with Crippen molar-refractivity contribution < 1.29 is 9.53 Å². The van der Waals surface area contributed by atoms with Gasteiger partial charge in [-0.1, -0.05) is 12.1 Å². The molecule has 2 rings (SSSR count). The standard InChI is InChI=1S/C15H19N3O2S/c1-10(16)14-17-13(9-21-14)15(19)18(2)8-11-5-4-6-12(7-11)20-3/h4-7,9-10H,8,16H2,1-3H3. The zero-order valence-corrected chi connectivity index (χ0v) is 13.2. The minimum Gasteiger partial charge on any atom is -0.497 e. The van der Waals surface area contributed by atoms with E-state index in [1.54, 1.807) is 24.4 Å². The van der Waals surface area contributed by atoms with Crippen LogP contribution in [0, 0.1) is 0 Å². The summed E-state index contributed by atoms with van der Waals surface area (Å²) in [7, 11) is 3.38. The number of aromatic nitrogens is 1. The van der Waals surface area contributed by atoms with E-state index >= 15 is 0 Å². The zero-order valence-electron chi connectivity index (χ0n) is 12.4. The fourth-order valence-corrected chi connectivity index (χ4v) is 2.66. The van der Waals surface area contributed by atoms with Gasteiger partial charge in [0.1, 0.15) is 16.5 Å². The van der Waals surface area contributed by atoms with E-state index in [2.05, 4.69) is 4.98 Å². The number of ether oxygens (including phenoxy) is 1. The third kappa shape index (κ3) is 3.80. The van der Waals surface area contributed by atoms with E-state index in [0.717, 1.165) is 16.3 Å². The van der Waals surface area contributed by atoms with Crippen molar-refractivity contribution in [3.63, 3.8) is 0 Å². The number of amides is 1. The molecule has 2 aromatic rings. The molecule has 1 heterocycles. The molecular weight excluding hydrogens is 286 g/mol. The van der Waals surface area contributed by atoms with E-state index in [4.69, 9.17) is 10.5 Å². The first kappa shape index (κ1) is 15.5. The smallest absolute Gasteiger partial charge is 0.273 e. The molecule has 0 aliphatic carbocycles. The highest BCUT2D eigenvalue weighted by molar-refractivity contribution is 7.09. The molecule has 0 bridgehead atoms. The minimum absolute atomic E-state index is 0.110. The van der Waals surface area contributed by atoms with Crippen LogP contribution < -0.4 is 10.5 Å². The van der Waals surface area contributed by atoms with Crippen LogP contribution in [-0.4, -0.2) is 29.9 Å². The first-order chi connectivity index (χ1) is 10.0. The van der Waals surface area contributed by atoms with Crippen LogP contribution in [0.25, 0.3) is 0 Å².